The molecule has 0 radical (unpaired) electrons. The molecule has 0 aromatic heterocycles. The zero-order valence-corrected chi connectivity index (χ0v) is 12.4. The zero-order chi connectivity index (χ0) is 14.6. The smallest absolute Gasteiger partial charge is 0.179 e. The van der Waals surface area contributed by atoms with Crippen LogP contribution in [0.3, 0.4) is 0 Å². The van der Waals surface area contributed by atoms with Crippen LogP contribution in [-0.2, 0) is 9.84 Å². The number of piperazine rings is 1. The Morgan fingerprint density at radius 3 is 3.00 bits per heavy atom. The molecule has 0 unspecified atom stereocenters. The minimum absolute atomic E-state index is 0.0895. The minimum Gasteiger partial charge on any atom is -0.314 e. The molecule has 1 heterocycles. The fourth-order valence-electron chi connectivity index (χ4n) is 2.33. The molecule has 6 heteroatoms. The third-order valence-electron chi connectivity index (χ3n) is 3.61. The largest absolute Gasteiger partial charge is 0.314 e. The Morgan fingerprint density at radius 2 is 2.30 bits per heavy atom. The van der Waals surface area contributed by atoms with Crippen LogP contribution in [0, 0.1) is 11.3 Å². The van der Waals surface area contributed by atoms with Gasteiger partial charge in [0, 0.05) is 32.2 Å². The topological polar surface area (TPSA) is 73.2 Å². The first-order chi connectivity index (χ1) is 9.53. The van der Waals surface area contributed by atoms with Crippen molar-refractivity contribution in [3.8, 4) is 6.07 Å². The highest BCUT2D eigenvalue weighted by Gasteiger charge is 2.21. The molecule has 2 rings (SSSR count). The predicted octanol–water partition coefficient (Wildman–Crippen LogP) is 0.626. The fraction of sp³-hybridized carbons (Fsp3) is 0.500. The van der Waals surface area contributed by atoms with Crippen molar-refractivity contribution in [1.29, 1.82) is 5.26 Å². The number of hydrogen-bond donors (Lipinski definition) is 1. The third kappa shape index (κ3) is 3.57. The van der Waals surface area contributed by atoms with Crippen LogP contribution in [0.4, 0.5) is 0 Å². The van der Waals surface area contributed by atoms with E-state index in [2.05, 4.69) is 17.1 Å². The molecule has 1 aliphatic heterocycles. The van der Waals surface area contributed by atoms with E-state index in [1.54, 1.807) is 18.2 Å². The lowest BCUT2D eigenvalue weighted by Crippen LogP contribution is -2.50. The molecule has 20 heavy (non-hydrogen) atoms. The van der Waals surface area contributed by atoms with Gasteiger partial charge >= 0.3 is 0 Å². The van der Waals surface area contributed by atoms with E-state index in [0.29, 0.717) is 18.2 Å². The normalized spacial score (nSPS) is 20.5. The molecule has 0 spiro atoms. The van der Waals surface area contributed by atoms with Gasteiger partial charge in [-0.1, -0.05) is 6.07 Å². The van der Waals surface area contributed by atoms with E-state index in [-0.39, 0.29) is 10.6 Å². The second kappa shape index (κ2) is 6.35. The van der Waals surface area contributed by atoms with E-state index in [1.165, 1.54) is 6.07 Å². The summed E-state index contributed by atoms with van der Waals surface area (Å²) in [5.74, 6) is 0.0895. The molecule has 0 amide bonds. The molecule has 108 valence electrons. The second-order valence-corrected chi connectivity index (χ2v) is 7.16. The van der Waals surface area contributed by atoms with Crippen molar-refractivity contribution < 1.29 is 8.42 Å². The lowest BCUT2D eigenvalue weighted by atomic mass is 10.2. The average Bonchev–Trinajstić information content (AvgIpc) is 2.46. The molecule has 0 bridgehead atoms. The summed E-state index contributed by atoms with van der Waals surface area (Å²) < 4.78 is 24.6. The first kappa shape index (κ1) is 15.0. The van der Waals surface area contributed by atoms with Gasteiger partial charge in [-0.3, -0.25) is 4.90 Å². The van der Waals surface area contributed by atoms with Crippen molar-refractivity contribution in [3.63, 3.8) is 0 Å². The van der Waals surface area contributed by atoms with E-state index < -0.39 is 9.84 Å². The Morgan fingerprint density at radius 1 is 1.50 bits per heavy atom. The van der Waals surface area contributed by atoms with Gasteiger partial charge in [-0.05, 0) is 25.1 Å². The minimum atomic E-state index is -3.33. The maximum Gasteiger partial charge on any atom is 0.179 e. The van der Waals surface area contributed by atoms with Crippen LogP contribution in [0.25, 0.3) is 0 Å². The Labute approximate surface area is 120 Å². The Hall–Kier alpha value is -1.42. The van der Waals surface area contributed by atoms with Crippen LogP contribution in [0.2, 0.25) is 0 Å². The molecule has 1 atom stereocenters. The van der Waals surface area contributed by atoms with Crippen molar-refractivity contribution in [3.05, 3.63) is 29.8 Å². The van der Waals surface area contributed by atoms with Crippen LogP contribution in [0.1, 0.15) is 12.5 Å². The number of nitrogens with one attached hydrogen (secondary N) is 1. The first-order valence-electron chi connectivity index (χ1n) is 6.70. The number of hydrogen-bond acceptors (Lipinski definition) is 5. The van der Waals surface area contributed by atoms with Gasteiger partial charge in [-0.15, -0.1) is 0 Å². The first-order valence-corrected chi connectivity index (χ1v) is 8.36. The Kier molecular flexibility index (Phi) is 4.76. The average molecular weight is 293 g/mol. The number of sulfone groups is 1. The lowest BCUT2D eigenvalue weighted by molar-refractivity contribution is 0.184. The van der Waals surface area contributed by atoms with Gasteiger partial charge in [-0.25, -0.2) is 8.42 Å². The highest BCUT2D eigenvalue weighted by Crippen LogP contribution is 2.14. The molecule has 1 N–H and O–H groups in total. The molecule has 0 aliphatic carbocycles. The summed E-state index contributed by atoms with van der Waals surface area (Å²) >= 11 is 0. The highest BCUT2D eigenvalue weighted by atomic mass is 32.2. The standard InChI is InChI=1S/C14H19N3O2S/c1-12-11-16-5-6-17(12)7-8-20(18,19)14-4-2-3-13(9-14)10-15/h2-4,9,12,16H,5-8,11H2,1H3/t12-/m1/s1. The molecule has 0 saturated carbocycles. The van der Waals surface area contributed by atoms with Crippen LogP contribution in [0.15, 0.2) is 29.2 Å². The van der Waals surface area contributed by atoms with Crippen molar-refractivity contribution in [2.75, 3.05) is 31.9 Å². The van der Waals surface area contributed by atoms with Gasteiger partial charge in [0.25, 0.3) is 0 Å². The van der Waals surface area contributed by atoms with E-state index >= 15 is 0 Å². The van der Waals surface area contributed by atoms with E-state index in [1.807, 2.05) is 6.07 Å². The quantitative estimate of drug-likeness (QED) is 0.881. The van der Waals surface area contributed by atoms with E-state index in [0.717, 1.165) is 19.6 Å². The summed E-state index contributed by atoms with van der Waals surface area (Å²) in [4.78, 5) is 2.42. The Balaban J connectivity index is 2.05. The lowest BCUT2D eigenvalue weighted by Gasteiger charge is -2.33. The van der Waals surface area contributed by atoms with Gasteiger partial charge in [0.2, 0.25) is 0 Å². The van der Waals surface area contributed by atoms with Crippen molar-refractivity contribution in [1.82, 2.24) is 10.2 Å². The molecule has 5 nitrogen and oxygen atoms in total. The third-order valence-corrected chi connectivity index (χ3v) is 5.30. The highest BCUT2D eigenvalue weighted by molar-refractivity contribution is 7.91. The number of nitrogens with zero attached hydrogens (tertiary/aromatic N) is 2. The summed E-state index contributed by atoms with van der Waals surface area (Å²) in [6.45, 7) is 5.28. The van der Waals surface area contributed by atoms with E-state index in [4.69, 9.17) is 5.26 Å². The monoisotopic (exact) mass is 293 g/mol. The number of benzene rings is 1. The molecule has 1 aromatic rings. The van der Waals surface area contributed by atoms with Gasteiger partial charge in [0.15, 0.2) is 9.84 Å². The fourth-order valence-corrected chi connectivity index (χ4v) is 3.63. The van der Waals surface area contributed by atoms with Gasteiger partial charge in [0.05, 0.1) is 22.3 Å². The maximum atomic E-state index is 12.3. The van der Waals surface area contributed by atoms with Crippen LogP contribution >= 0.6 is 0 Å². The van der Waals surface area contributed by atoms with Gasteiger partial charge < -0.3 is 5.32 Å². The molecular formula is C14H19N3O2S. The van der Waals surface area contributed by atoms with Crippen molar-refractivity contribution >= 4 is 9.84 Å². The van der Waals surface area contributed by atoms with Crippen LogP contribution < -0.4 is 5.32 Å². The van der Waals surface area contributed by atoms with Crippen molar-refractivity contribution in [2.45, 2.75) is 17.9 Å². The van der Waals surface area contributed by atoms with Crippen LogP contribution in [-0.4, -0.2) is 51.3 Å². The summed E-state index contributed by atoms with van der Waals surface area (Å²) in [6, 6.07) is 8.53. The number of rotatable bonds is 4. The van der Waals surface area contributed by atoms with Crippen molar-refractivity contribution in [2.24, 2.45) is 0 Å². The van der Waals surface area contributed by atoms with E-state index in [9.17, 15) is 8.42 Å². The molecule has 1 aliphatic rings. The zero-order valence-electron chi connectivity index (χ0n) is 11.5. The predicted molar refractivity (Wildman–Crippen MR) is 77.1 cm³/mol. The summed E-state index contributed by atoms with van der Waals surface area (Å²) in [6.07, 6.45) is 0. The summed E-state index contributed by atoms with van der Waals surface area (Å²) in [5, 5.41) is 12.1. The SMILES string of the molecule is C[C@@H]1CNCCN1CCS(=O)(=O)c1cccc(C#N)c1. The molecule has 1 saturated heterocycles. The second-order valence-electron chi connectivity index (χ2n) is 5.05. The summed E-state index contributed by atoms with van der Waals surface area (Å²) in [7, 11) is -3.33. The van der Waals surface area contributed by atoms with Gasteiger partial charge in [-0.2, -0.15) is 5.26 Å². The molecular weight excluding hydrogens is 274 g/mol. The van der Waals surface area contributed by atoms with Gasteiger partial charge in [0.1, 0.15) is 0 Å². The van der Waals surface area contributed by atoms with Crippen LogP contribution in [0.5, 0.6) is 0 Å². The Bertz CT molecular complexity index is 607. The molecule has 1 fully saturated rings. The maximum absolute atomic E-state index is 12.3. The summed E-state index contributed by atoms with van der Waals surface area (Å²) in [5.41, 5.74) is 0.376. The molecule has 1 aromatic carbocycles. The number of nitriles is 1.